The number of benzene rings is 3. The molecular weight excluding hydrogens is 350 g/mol. The van der Waals surface area contributed by atoms with E-state index in [1.54, 1.807) is 24.3 Å². The van der Waals surface area contributed by atoms with Gasteiger partial charge >= 0.3 is 0 Å². The highest BCUT2D eigenvalue weighted by Gasteiger charge is 2.03. The van der Waals surface area contributed by atoms with E-state index >= 15 is 0 Å². The minimum atomic E-state index is -0.295. The Bertz CT molecular complexity index is 854. The van der Waals surface area contributed by atoms with Crippen molar-refractivity contribution in [3.63, 3.8) is 0 Å². The Morgan fingerprint density at radius 1 is 0.846 bits per heavy atom. The van der Waals surface area contributed by atoms with Crippen molar-refractivity contribution < 1.29 is 9.53 Å². The molecule has 0 saturated carbocycles. The highest BCUT2D eigenvalue weighted by Crippen LogP contribution is 2.19. The van der Waals surface area contributed by atoms with E-state index < -0.39 is 0 Å². The Morgan fingerprint density at radius 3 is 2.27 bits per heavy atom. The molecule has 26 heavy (non-hydrogen) atoms. The maximum atomic E-state index is 11.8. The Morgan fingerprint density at radius 2 is 1.54 bits per heavy atom. The summed E-state index contributed by atoms with van der Waals surface area (Å²) in [5.74, 6) is 0.318. The van der Waals surface area contributed by atoms with Crippen molar-refractivity contribution in [2.75, 3.05) is 17.3 Å². The molecule has 0 atom stereocenters. The van der Waals surface area contributed by atoms with Gasteiger partial charge in [0.25, 0.3) is 5.91 Å². The topological polar surface area (TPSA) is 62.4 Å². The Labute approximate surface area is 156 Å². The quantitative estimate of drug-likeness (QED) is 0.534. The molecule has 132 valence electrons. The summed E-state index contributed by atoms with van der Waals surface area (Å²) >= 11 is 5.88. The minimum Gasteiger partial charge on any atom is -0.484 e. The lowest BCUT2D eigenvalue weighted by atomic mass is 10.2. The van der Waals surface area contributed by atoms with E-state index in [1.165, 1.54) is 0 Å². The van der Waals surface area contributed by atoms with Crippen LogP contribution in [0.25, 0.3) is 0 Å². The fraction of sp³-hybridized carbons (Fsp3) is 0.0500. The number of para-hydroxylation sites is 1. The maximum Gasteiger partial charge on any atom is 0.276 e. The van der Waals surface area contributed by atoms with Gasteiger partial charge in [-0.25, -0.2) is 0 Å². The smallest absolute Gasteiger partial charge is 0.276 e. The Balaban J connectivity index is 1.44. The number of hydrogen-bond donors (Lipinski definition) is 3. The average Bonchev–Trinajstić information content (AvgIpc) is 2.67. The summed E-state index contributed by atoms with van der Waals surface area (Å²) < 4.78 is 5.48. The molecule has 5 nitrogen and oxygen atoms in total. The molecule has 0 aromatic heterocycles. The molecule has 3 N–H and O–H groups in total. The van der Waals surface area contributed by atoms with Crippen molar-refractivity contribution in [2.24, 2.45) is 0 Å². The number of halogens is 1. The van der Waals surface area contributed by atoms with Gasteiger partial charge in [-0.15, -0.1) is 0 Å². The van der Waals surface area contributed by atoms with Gasteiger partial charge in [0.2, 0.25) is 0 Å². The molecule has 0 aliphatic carbocycles. The minimum absolute atomic E-state index is 0.0982. The summed E-state index contributed by atoms with van der Waals surface area (Å²) in [5, 5.41) is 3.87. The number of carbonyl (C=O) groups is 1. The van der Waals surface area contributed by atoms with Crippen molar-refractivity contribution in [1.29, 1.82) is 0 Å². The second kappa shape index (κ2) is 8.78. The highest BCUT2D eigenvalue weighted by molar-refractivity contribution is 6.30. The number of amides is 1. The van der Waals surface area contributed by atoms with Gasteiger partial charge in [0.15, 0.2) is 6.61 Å². The summed E-state index contributed by atoms with van der Waals surface area (Å²) in [6, 6.07) is 24.3. The molecular formula is C20H18ClN3O2. The summed E-state index contributed by atoms with van der Waals surface area (Å²) in [4.78, 5) is 11.8. The molecule has 6 heteroatoms. The molecule has 3 aromatic rings. The molecule has 3 rings (SSSR count). The van der Waals surface area contributed by atoms with E-state index in [0.29, 0.717) is 16.5 Å². The third-order valence-electron chi connectivity index (χ3n) is 3.46. The fourth-order valence-corrected chi connectivity index (χ4v) is 2.41. The van der Waals surface area contributed by atoms with Crippen LogP contribution in [0.4, 0.5) is 17.1 Å². The number of nitrogens with one attached hydrogen (secondary N) is 3. The van der Waals surface area contributed by atoms with Gasteiger partial charge in [-0.1, -0.05) is 35.9 Å². The average molecular weight is 368 g/mol. The summed E-state index contributed by atoms with van der Waals surface area (Å²) in [6.07, 6.45) is 0. The van der Waals surface area contributed by atoms with Gasteiger partial charge in [0.1, 0.15) is 5.75 Å². The zero-order valence-corrected chi connectivity index (χ0v) is 14.7. The standard InChI is InChI=1S/C20H18ClN3O2/c21-15-5-4-8-18(13-15)23-24-20(25)14-26-19-11-9-17(10-12-19)22-16-6-2-1-3-7-16/h1-13,22-23H,14H2,(H,24,25). The molecule has 1 amide bonds. The lowest BCUT2D eigenvalue weighted by Gasteiger charge is -2.11. The number of anilines is 3. The van der Waals surface area contributed by atoms with Crippen LogP contribution < -0.4 is 20.9 Å². The van der Waals surface area contributed by atoms with E-state index in [9.17, 15) is 4.79 Å². The lowest BCUT2D eigenvalue weighted by Crippen LogP contribution is -2.33. The fourth-order valence-electron chi connectivity index (χ4n) is 2.22. The van der Waals surface area contributed by atoms with Crippen LogP contribution in [-0.2, 0) is 4.79 Å². The van der Waals surface area contributed by atoms with Crippen LogP contribution in [0, 0.1) is 0 Å². The SMILES string of the molecule is O=C(COc1ccc(Nc2ccccc2)cc1)NNc1cccc(Cl)c1. The highest BCUT2D eigenvalue weighted by atomic mass is 35.5. The summed E-state index contributed by atoms with van der Waals surface area (Å²) in [7, 11) is 0. The molecule has 0 spiro atoms. The number of hydrogen-bond acceptors (Lipinski definition) is 4. The van der Waals surface area contributed by atoms with Gasteiger partial charge in [0.05, 0.1) is 5.69 Å². The first kappa shape index (κ1) is 17.6. The second-order valence-electron chi connectivity index (χ2n) is 5.49. The van der Waals surface area contributed by atoms with Crippen molar-refractivity contribution in [3.05, 3.63) is 83.9 Å². The van der Waals surface area contributed by atoms with Crippen molar-refractivity contribution in [3.8, 4) is 5.75 Å². The van der Waals surface area contributed by atoms with Gasteiger partial charge in [-0.05, 0) is 54.6 Å². The van der Waals surface area contributed by atoms with Crippen LogP contribution in [0.2, 0.25) is 5.02 Å². The zero-order chi connectivity index (χ0) is 18.2. The van der Waals surface area contributed by atoms with Crippen molar-refractivity contribution in [1.82, 2.24) is 5.43 Å². The second-order valence-corrected chi connectivity index (χ2v) is 5.92. The maximum absolute atomic E-state index is 11.8. The van der Waals surface area contributed by atoms with Crippen LogP contribution in [0.3, 0.4) is 0 Å². The van der Waals surface area contributed by atoms with Crippen LogP contribution in [0.5, 0.6) is 5.75 Å². The third kappa shape index (κ3) is 5.43. The molecule has 0 unspecified atom stereocenters. The zero-order valence-electron chi connectivity index (χ0n) is 13.9. The number of ether oxygens (including phenoxy) is 1. The molecule has 0 bridgehead atoms. The van der Waals surface area contributed by atoms with Crippen LogP contribution >= 0.6 is 11.6 Å². The number of carbonyl (C=O) groups excluding carboxylic acids is 1. The predicted molar refractivity (Wildman–Crippen MR) is 105 cm³/mol. The van der Waals surface area contributed by atoms with Crippen LogP contribution in [0.1, 0.15) is 0 Å². The lowest BCUT2D eigenvalue weighted by molar-refractivity contribution is -0.122. The van der Waals surface area contributed by atoms with Gasteiger partial charge < -0.3 is 10.1 Å². The molecule has 0 heterocycles. The van der Waals surface area contributed by atoms with Crippen LogP contribution in [-0.4, -0.2) is 12.5 Å². The Hall–Kier alpha value is -3.18. The van der Waals surface area contributed by atoms with Gasteiger partial charge in [-0.3, -0.25) is 15.6 Å². The van der Waals surface area contributed by atoms with Gasteiger partial charge in [-0.2, -0.15) is 0 Å². The first-order chi connectivity index (χ1) is 12.7. The molecule has 0 saturated heterocycles. The van der Waals surface area contributed by atoms with E-state index in [1.807, 2.05) is 54.6 Å². The normalized spacial score (nSPS) is 10.0. The van der Waals surface area contributed by atoms with Crippen LogP contribution in [0.15, 0.2) is 78.9 Å². The first-order valence-electron chi connectivity index (χ1n) is 8.04. The Kier molecular flexibility index (Phi) is 5.96. The molecule has 0 radical (unpaired) electrons. The predicted octanol–water partition coefficient (Wildman–Crippen LogP) is 4.61. The van der Waals surface area contributed by atoms with E-state index in [2.05, 4.69) is 16.2 Å². The largest absolute Gasteiger partial charge is 0.484 e. The summed E-state index contributed by atoms with van der Waals surface area (Å²) in [5.41, 5.74) is 7.98. The first-order valence-corrected chi connectivity index (χ1v) is 8.42. The monoisotopic (exact) mass is 367 g/mol. The third-order valence-corrected chi connectivity index (χ3v) is 3.69. The summed E-state index contributed by atoms with van der Waals surface area (Å²) in [6.45, 7) is -0.0982. The van der Waals surface area contributed by atoms with Crippen molar-refractivity contribution in [2.45, 2.75) is 0 Å². The van der Waals surface area contributed by atoms with Crippen molar-refractivity contribution >= 4 is 34.6 Å². The van der Waals surface area contributed by atoms with E-state index in [-0.39, 0.29) is 12.5 Å². The van der Waals surface area contributed by atoms with E-state index in [4.69, 9.17) is 16.3 Å². The number of hydrazine groups is 1. The number of rotatable bonds is 7. The molecule has 0 fully saturated rings. The molecule has 0 aliphatic rings. The molecule has 3 aromatic carbocycles. The molecule has 0 aliphatic heterocycles. The van der Waals surface area contributed by atoms with E-state index in [0.717, 1.165) is 11.4 Å². The van der Waals surface area contributed by atoms with Gasteiger partial charge in [0, 0.05) is 16.4 Å².